The predicted molar refractivity (Wildman–Crippen MR) is 100 cm³/mol. The first-order valence-corrected chi connectivity index (χ1v) is 8.61. The fourth-order valence-corrected chi connectivity index (χ4v) is 2.63. The Kier molecular flexibility index (Phi) is 6.97. The Labute approximate surface area is 157 Å². The molecule has 0 N–H and O–H groups in total. The Morgan fingerprint density at radius 3 is 2.69 bits per heavy atom. The summed E-state index contributed by atoms with van der Waals surface area (Å²) in [5, 5.41) is 11.3. The molecule has 2 rings (SSSR count). The molecule has 0 spiro atoms. The minimum absolute atomic E-state index is 0.0446. The van der Waals surface area contributed by atoms with E-state index < -0.39 is 4.92 Å². The lowest BCUT2D eigenvalue weighted by atomic mass is 10.2. The van der Waals surface area contributed by atoms with E-state index in [-0.39, 0.29) is 18.1 Å². The van der Waals surface area contributed by atoms with Crippen LogP contribution in [0.2, 0.25) is 5.02 Å². The third-order valence-electron chi connectivity index (χ3n) is 3.96. The number of carbonyl (C=O) groups excluding carboxylic acids is 1. The van der Waals surface area contributed by atoms with Crippen LogP contribution in [0.25, 0.3) is 0 Å². The Balaban J connectivity index is 1.83. The Morgan fingerprint density at radius 1 is 1.27 bits per heavy atom. The quantitative estimate of drug-likeness (QED) is 0.389. The molecule has 138 valence electrons. The lowest BCUT2D eigenvalue weighted by Gasteiger charge is -2.18. The zero-order valence-electron chi connectivity index (χ0n) is 14.8. The van der Waals surface area contributed by atoms with Crippen molar-refractivity contribution in [3.05, 3.63) is 68.7 Å². The van der Waals surface area contributed by atoms with E-state index in [1.54, 1.807) is 7.05 Å². The van der Waals surface area contributed by atoms with Gasteiger partial charge >= 0.3 is 0 Å². The second-order valence-corrected chi connectivity index (χ2v) is 6.41. The van der Waals surface area contributed by atoms with Crippen LogP contribution in [-0.4, -0.2) is 29.4 Å². The summed E-state index contributed by atoms with van der Waals surface area (Å²) in [6.07, 6.45) is 0.912. The number of hydrogen-bond acceptors (Lipinski definition) is 4. The van der Waals surface area contributed by atoms with E-state index in [9.17, 15) is 14.9 Å². The molecule has 0 fully saturated rings. The van der Waals surface area contributed by atoms with Crippen molar-refractivity contribution in [3.8, 4) is 5.75 Å². The fraction of sp³-hybridized carbons (Fsp3) is 0.316. The van der Waals surface area contributed by atoms with Crippen molar-refractivity contribution >= 4 is 23.2 Å². The van der Waals surface area contributed by atoms with Gasteiger partial charge in [-0.15, -0.1) is 0 Å². The van der Waals surface area contributed by atoms with Crippen LogP contribution >= 0.6 is 11.6 Å². The molecule has 0 aliphatic rings. The molecule has 2 aromatic carbocycles. The number of nitrogens with zero attached hydrogens (tertiary/aromatic N) is 2. The van der Waals surface area contributed by atoms with Crippen molar-refractivity contribution in [2.24, 2.45) is 0 Å². The summed E-state index contributed by atoms with van der Waals surface area (Å²) in [6.45, 7) is 2.64. The molecule has 0 radical (unpaired) electrons. The van der Waals surface area contributed by atoms with E-state index in [2.05, 4.69) is 0 Å². The van der Waals surface area contributed by atoms with Gasteiger partial charge in [-0.3, -0.25) is 14.9 Å². The van der Waals surface area contributed by atoms with Crippen LogP contribution in [0.1, 0.15) is 24.0 Å². The average Bonchev–Trinajstić information content (AvgIpc) is 2.61. The van der Waals surface area contributed by atoms with Gasteiger partial charge in [-0.25, -0.2) is 0 Å². The third kappa shape index (κ3) is 5.46. The maximum absolute atomic E-state index is 12.2. The maximum Gasteiger partial charge on any atom is 0.269 e. The van der Waals surface area contributed by atoms with Crippen molar-refractivity contribution in [1.82, 2.24) is 4.90 Å². The minimum atomic E-state index is -0.482. The van der Waals surface area contributed by atoms with Crippen molar-refractivity contribution in [2.75, 3.05) is 13.7 Å². The van der Waals surface area contributed by atoms with E-state index in [0.717, 1.165) is 11.3 Å². The number of hydrogen-bond donors (Lipinski definition) is 0. The van der Waals surface area contributed by atoms with Crippen LogP contribution in [0.5, 0.6) is 5.75 Å². The highest BCUT2D eigenvalue weighted by atomic mass is 35.5. The maximum atomic E-state index is 12.2. The molecule has 1 amide bonds. The van der Waals surface area contributed by atoms with Gasteiger partial charge in [-0.05, 0) is 36.6 Å². The van der Waals surface area contributed by atoms with E-state index in [0.29, 0.717) is 30.0 Å². The number of nitro groups is 1. The van der Waals surface area contributed by atoms with E-state index in [4.69, 9.17) is 16.3 Å². The molecule has 0 saturated heterocycles. The number of nitro benzene ring substituents is 1. The molecule has 2 aromatic rings. The Bertz CT molecular complexity index is 795. The van der Waals surface area contributed by atoms with Gasteiger partial charge in [0.2, 0.25) is 5.91 Å². The van der Waals surface area contributed by atoms with Crippen molar-refractivity contribution < 1.29 is 14.5 Å². The van der Waals surface area contributed by atoms with Crippen LogP contribution in [-0.2, 0) is 11.3 Å². The SMILES string of the molecule is Cc1ccccc1OCCCC(=O)N(C)Cc1cc([N+](=O)[O-])ccc1Cl. The number of para-hydroxylation sites is 1. The van der Waals surface area contributed by atoms with Crippen LogP contribution in [0.15, 0.2) is 42.5 Å². The van der Waals surface area contributed by atoms with Crippen molar-refractivity contribution in [2.45, 2.75) is 26.3 Å². The van der Waals surface area contributed by atoms with Gasteiger partial charge in [0.1, 0.15) is 5.75 Å². The summed E-state index contributed by atoms with van der Waals surface area (Å²) in [5.41, 5.74) is 1.56. The molecular formula is C19H21ClN2O4. The summed E-state index contributed by atoms with van der Waals surface area (Å²) in [7, 11) is 1.65. The minimum Gasteiger partial charge on any atom is -0.493 e. The number of rotatable bonds is 8. The second-order valence-electron chi connectivity index (χ2n) is 6.00. The van der Waals surface area contributed by atoms with Gasteiger partial charge in [-0.1, -0.05) is 29.8 Å². The van der Waals surface area contributed by atoms with E-state index in [1.165, 1.54) is 23.1 Å². The normalized spacial score (nSPS) is 10.4. The number of aryl methyl sites for hydroxylation is 1. The molecule has 0 bridgehead atoms. The number of halogens is 1. The standard InChI is InChI=1S/C19H21ClN2O4/c1-14-6-3-4-7-18(14)26-11-5-8-19(23)21(2)13-15-12-16(22(24)25)9-10-17(15)20/h3-4,6-7,9-10,12H,5,8,11,13H2,1-2H3. The monoisotopic (exact) mass is 376 g/mol. The van der Waals surface area contributed by atoms with Gasteiger partial charge in [0.05, 0.1) is 11.5 Å². The molecule has 0 aromatic heterocycles. The van der Waals surface area contributed by atoms with Gasteiger partial charge in [0.15, 0.2) is 0 Å². The molecule has 0 aliphatic carbocycles. The zero-order valence-corrected chi connectivity index (χ0v) is 15.5. The number of non-ortho nitro benzene ring substituents is 1. The van der Waals surface area contributed by atoms with Crippen molar-refractivity contribution in [1.29, 1.82) is 0 Å². The predicted octanol–water partition coefficient (Wildman–Crippen LogP) is 4.37. The first-order valence-electron chi connectivity index (χ1n) is 8.23. The smallest absolute Gasteiger partial charge is 0.269 e. The number of amides is 1. The van der Waals surface area contributed by atoms with E-state index in [1.807, 2.05) is 31.2 Å². The summed E-state index contributed by atoms with van der Waals surface area (Å²) >= 11 is 6.08. The number of ether oxygens (including phenoxy) is 1. The highest BCUT2D eigenvalue weighted by Gasteiger charge is 2.14. The van der Waals surface area contributed by atoms with Crippen LogP contribution in [0, 0.1) is 17.0 Å². The summed E-state index contributed by atoms with van der Waals surface area (Å²) in [6, 6.07) is 11.9. The van der Waals surface area contributed by atoms with Gasteiger partial charge in [0.25, 0.3) is 5.69 Å². The molecule has 6 nitrogen and oxygen atoms in total. The molecule has 0 aliphatic heterocycles. The largest absolute Gasteiger partial charge is 0.493 e. The highest BCUT2D eigenvalue weighted by molar-refractivity contribution is 6.31. The molecule has 26 heavy (non-hydrogen) atoms. The lowest BCUT2D eigenvalue weighted by molar-refractivity contribution is -0.384. The summed E-state index contributed by atoms with van der Waals surface area (Å²) < 4.78 is 5.68. The first kappa shape index (κ1) is 19.7. The second kappa shape index (κ2) is 9.20. The molecule has 7 heteroatoms. The van der Waals surface area contributed by atoms with Crippen LogP contribution in [0.4, 0.5) is 5.69 Å². The fourth-order valence-electron chi connectivity index (χ4n) is 2.45. The lowest BCUT2D eigenvalue weighted by Crippen LogP contribution is -2.26. The number of carbonyl (C=O) groups is 1. The molecule has 0 heterocycles. The van der Waals surface area contributed by atoms with Crippen molar-refractivity contribution in [3.63, 3.8) is 0 Å². The molecule has 0 saturated carbocycles. The summed E-state index contributed by atoms with van der Waals surface area (Å²) in [4.78, 5) is 24.1. The average molecular weight is 377 g/mol. The Morgan fingerprint density at radius 2 is 2.00 bits per heavy atom. The van der Waals surface area contributed by atoms with Crippen LogP contribution in [0.3, 0.4) is 0 Å². The highest BCUT2D eigenvalue weighted by Crippen LogP contribution is 2.23. The van der Waals surface area contributed by atoms with Gasteiger partial charge in [0, 0.05) is 37.2 Å². The topological polar surface area (TPSA) is 72.7 Å². The van der Waals surface area contributed by atoms with Gasteiger partial charge < -0.3 is 9.64 Å². The first-order chi connectivity index (χ1) is 12.4. The third-order valence-corrected chi connectivity index (χ3v) is 4.33. The van der Waals surface area contributed by atoms with Crippen LogP contribution < -0.4 is 4.74 Å². The number of benzene rings is 2. The van der Waals surface area contributed by atoms with E-state index >= 15 is 0 Å². The summed E-state index contributed by atoms with van der Waals surface area (Å²) in [5.74, 6) is 0.748. The molecule has 0 unspecified atom stereocenters. The van der Waals surface area contributed by atoms with Gasteiger partial charge in [-0.2, -0.15) is 0 Å². The molecule has 0 atom stereocenters. The molecular weight excluding hydrogens is 356 g/mol. The Hall–Kier alpha value is -2.60. The zero-order chi connectivity index (χ0) is 19.1.